The van der Waals surface area contributed by atoms with Crippen molar-refractivity contribution in [3.05, 3.63) is 64.7 Å². The number of rotatable bonds is 3. The molecule has 5 heteroatoms. The first-order valence-corrected chi connectivity index (χ1v) is 7.75. The molecule has 2 aromatic carbocycles. The van der Waals surface area contributed by atoms with Crippen LogP contribution in [-0.2, 0) is 17.8 Å². The summed E-state index contributed by atoms with van der Waals surface area (Å²) in [5.41, 5.74) is 4.03. The Morgan fingerprint density at radius 2 is 1.96 bits per heavy atom. The lowest BCUT2D eigenvalue weighted by atomic mass is 10.0. The highest BCUT2D eigenvalue weighted by Crippen LogP contribution is 2.33. The van der Waals surface area contributed by atoms with Gasteiger partial charge in [-0.3, -0.25) is 9.69 Å². The highest BCUT2D eigenvalue weighted by atomic mass is 35.5. The van der Waals surface area contributed by atoms with Gasteiger partial charge in [0.25, 0.3) is 5.24 Å². The van der Waals surface area contributed by atoms with Crippen molar-refractivity contribution >= 4 is 28.6 Å². The molecule has 0 spiro atoms. The fourth-order valence-electron chi connectivity index (χ4n) is 2.87. The minimum Gasteiger partial charge on any atom is -0.444 e. The van der Waals surface area contributed by atoms with Crippen molar-refractivity contribution < 1.29 is 14.3 Å². The third-order valence-electron chi connectivity index (χ3n) is 3.91. The highest BCUT2D eigenvalue weighted by molar-refractivity contribution is 6.67. The van der Waals surface area contributed by atoms with Gasteiger partial charge in [-0.1, -0.05) is 30.3 Å². The zero-order valence-corrected chi connectivity index (χ0v) is 13.5. The first kappa shape index (κ1) is 15.6. The van der Waals surface area contributed by atoms with Crippen LogP contribution in [-0.4, -0.2) is 17.9 Å². The lowest BCUT2D eigenvalue weighted by Crippen LogP contribution is -2.30. The number of halogens is 1. The molecule has 0 aromatic heterocycles. The summed E-state index contributed by atoms with van der Waals surface area (Å²) in [6, 6.07) is 13.0. The van der Waals surface area contributed by atoms with Gasteiger partial charge in [-0.05, 0) is 53.8 Å². The molecule has 0 saturated carbocycles. The molecule has 1 aliphatic heterocycles. The number of anilines is 1. The van der Waals surface area contributed by atoms with E-state index >= 15 is 0 Å². The number of carbonyl (C=O) groups excluding carboxylic acids is 2. The molecule has 0 bridgehead atoms. The Morgan fingerprint density at radius 3 is 2.65 bits per heavy atom. The third-order valence-corrected chi connectivity index (χ3v) is 4.12. The number of ether oxygens (including phenoxy) is 1. The molecule has 4 nitrogen and oxygen atoms in total. The van der Waals surface area contributed by atoms with Crippen molar-refractivity contribution in [2.45, 2.75) is 20.0 Å². The summed E-state index contributed by atoms with van der Waals surface area (Å²) in [6.45, 7) is 2.65. The number of carbonyl (C=O) groups is 2. The van der Waals surface area contributed by atoms with Crippen LogP contribution in [0.4, 0.5) is 10.5 Å². The number of aryl methyl sites for hydroxylation is 1. The fraction of sp³-hybridized carbons (Fsp3) is 0.222. The van der Waals surface area contributed by atoms with Crippen LogP contribution in [0.2, 0.25) is 0 Å². The average Bonchev–Trinajstić information content (AvgIpc) is 2.98. The molecule has 0 unspecified atom stereocenters. The lowest BCUT2D eigenvalue weighted by Gasteiger charge is -2.19. The topological polar surface area (TPSA) is 46.6 Å². The van der Waals surface area contributed by atoms with Gasteiger partial charge in [0.15, 0.2) is 0 Å². The predicted molar refractivity (Wildman–Crippen MR) is 89.0 cm³/mol. The van der Waals surface area contributed by atoms with Crippen LogP contribution >= 0.6 is 11.6 Å². The maximum Gasteiger partial charge on any atom is 0.414 e. The monoisotopic (exact) mass is 329 g/mol. The molecule has 1 aliphatic rings. The molecule has 1 amide bonds. The Bertz CT molecular complexity index is 758. The first-order chi connectivity index (χ1) is 11.1. The average molecular weight is 330 g/mol. The Balaban J connectivity index is 1.77. The third kappa shape index (κ3) is 3.22. The summed E-state index contributed by atoms with van der Waals surface area (Å²) in [5.74, 6) is 0. The van der Waals surface area contributed by atoms with Crippen LogP contribution in [0.3, 0.4) is 0 Å². The molecule has 1 heterocycles. The quantitative estimate of drug-likeness (QED) is 0.797. The Kier molecular flexibility index (Phi) is 4.35. The fourth-order valence-corrected chi connectivity index (χ4v) is 2.98. The Morgan fingerprint density at radius 1 is 1.22 bits per heavy atom. The van der Waals surface area contributed by atoms with Gasteiger partial charge in [-0.15, -0.1) is 0 Å². The van der Waals surface area contributed by atoms with E-state index < -0.39 is 5.24 Å². The molecular weight excluding hydrogens is 314 g/mol. The van der Waals surface area contributed by atoms with Crippen molar-refractivity contribution in [3.8, 4) is 0 Å². The molecule has 2 aromatic rings. The van der Waals surface area contributed by atoms with Crippen molar-refractivity contribution in [2.75, 3.05) is 11.4 Å². The van der Waals surface area contributed by atoms with E-state index in [2.05, 4.69) is 0 Å². The van der Waals surface area contributed by atoms with Crippen LogP contribution in [0, 0.1) is 6.92 Å². The smallest absolute Gasteiger partial charge is 0.414 e. The number of nitrogens with zero attached hydrogens (tertiary/aromatic N) is 1. The van der Waals surface area contributed by atoms with Gasteiger partial charge in [-0.25, -0.2) is 4.79 Å². The van der Waals surface area contributed by atoms with Crippen molar-refractivity contribution in [1.82, 2.24) is 0 Å². The number of benzene rings is 2. The predicted octanol–water partition coefficient (Wildman–Crippen LogP) is 4.07. The van der Waals surface area contributed by atoms with Gasteiger partial charge in [0, 0.05) is 12.1 Å². The van der Waals surface area contributed by atoms with E-state index in [9.17, 15) is 9.59 Å². The Hall–Kier alpha value is -2.33. The summed E-state index contributed by atoms with van der Waals surface area (Å²) in [5, 5.41) is -0.485. The van der Waals surface area contributed by atoms with E-state index in [-0.39, 0.29) is 12.7 Å². The van der Waals surface area contributed by atoms with Gasteiger partial charge < -0.3 is 4.74 Å². The van der Waals surface area contributed by atoms with Crippen molar-refractivity contribution in [3.63, 3.8) is 0 Å². The summed E-state index contributed by atoms with van der Waals surface area (Å²) in [4.78, 5) is 25.3. The van der Waals surface area contributed by atoms with Crippen LogP contribution in [0.25, 0.3) is 0 Å². The molecule has 0 radical (unpaired) electrons. The van der Waals surface area contributed by atoms with Gasteiger partial charge in [-0.2, -0.15) is 0 Å². The molecule has 0 saturated heterocycles. The van der Waals surface area contributed by atoms with Crippen LogP contribution < -0.4 is 4.90 Å². The number of amides is 1. The number of hydrogen-bond donors (Lipinski definition) is 0. The van der Waals surface area contributed by atoms with Crippen LogP contribution in [0.15, 0.2) is 42.5 Å². The van der Waals surface area contributed by atoms with E-state index in [1.54, 1.807) is 17.0 Å². The summed E-state index contributed by atoms with van der Waals surface area (Å²) in [6.07, 6.45) is 0.315. The highest BCUT2D eigenvalue weighted by Gasteiger charge is 2.28. The van der Waals surface area contributed by atoms with Crippen molar-refractivity contribution in [2.24, 2.45) is 0 Å². The molecule has 3 rings (SSSR count). The second kappa shape index (κ2) is 6.42. The number of hydrogen-bond acceptors (Lipinski definition) is 3. The molecule has 0 N–H and O–H groups in total. The van der Waals surface area contributed by atoms with Gasteiger partial charge >= 0.3 is 6.09 Å². The standard InChI is InChI=1S/C18H16ClNO3/c1-12-9-15(17(19)21)10-14-7-8-20(16(12)14)18(22)23-11-13-5-3-2-4-6-13/h2-6,9-10H,7-8,11H2,1H3. The second-order valence-electron chi connectivity index (χ2n) is 5.52. The molecule has 23 heavy (non-hydrogen) atoms. The van der Waals surface area contributed by atoms with Gasteiger partial charge in [0.2, 0.25) is 0 Å². The normalized spacial score (nSPS) is 12.9. The minimum atomic E-state index is -0.485. The summed E-state index contributed by atoms with van der Waals surface area (Å²) < 4.78 is 5.40. The molecular formula is C18H16ClNO3. The molecule has 118 valence electrons. The zero-order chi connectivity index (χ0) is 16.4. The van der Waals surface area contributed by atoms with E-state index in [1.807, 2.05) is 37.3 Å². The SMILES string of the molecule is Cc1cc(C(=O)Cl)cc2c1N(C(=O)OCc1ccccc1)CC2. The van der Waals surface area contributed by atoms with Gasteiger partial charge in [0.05, 0.1) is 5.69 Å². The Labute approximate surface area is 139 Å². The van der Waals surface area contributed by atoms with E-state index in [1.165, 1.54) is 0 Å². The zero-order valence-electron chi connectivity index (χ0n) is 12.7. The molecule has 0 atom stereocenters. The van der Waals surface area contributed by atoms with Crippen LogP contribution in [0.1, 0.15) is 27.0 Å². The summed E-state index contributed by atoms with van der Waals surface area (Å²) in [7, 11) is 0. The number of fused-ring (bicyclic) bond motifs is 1. The largest absolute Gasteiger partial charge is 0.444 e. The minimum absolute atomic E-state index is 0.239. The van der Waals surface area contributed by atoms with Crippen molar-refractivity contribution in [1.29, 1.82) is 0 Å². The van der Waals surface area contributed by atoms with E-state index in [0.717, 1.165) is 22.4 Å². The summed E-state index contributed by atoms with van der Waals surface area (Å²) >= 11 is 5.55. The first-order valence-electron chi connectivity index (χ1n) is 7.38. The molecule has 0 fully saturated rings. The second-order valence-corrected chi connectivity index (χ2v) is 5.86. The van der Waals surface area contributed by atoms with E-state index in [0.29, 0.717) is 18.5 Å². The lowest BCUT2D eigenvalue weighted by molar-refractivity contribution is 0.108. The van der Waals surface area contributed by atoms with Gasteiger partial charge in [0.1, 0.15) is 6.61 Å². The van der Waals surface area contributed by atoms with E-state index in [4.69, 9.17) is 16.3 Å². The molecule has 0 aliphatic carbocycles. The maximum absolute atomic E-state index is 12.4. The van der Waals surface area contributed by atoms with Crippen LogP contribution in [0.5, 0.6) is 0 Å². The maximum atomic E-state index is 12.4.